The Kier molecular flexibility index (Phi) is 3.64. The van der Waals surface area contributed by atoms with Gasteiger partial charge in [-0.1, -0.05) is 38.1 Å². The van der Waals surface area contributed by atoms with E-state index in [4.69, 9.17) is 9.47 Å². The van der Waals surface area contributed by atoms with Crippen LogP contribution in [-0.4, -0.2) is 19.0 Å². The molecule has 1 aliphatic heterocycles. The fraction of sp³-hybridized carbons (Fsp3) is 0.647. The zero-order chi connectivity index (χ0) is 13.3. The molecule has 0 radical (unpaired) electrons. The first kappa shape index (κ1) is 13.1. The average Bonchev–Trinajstić information content (AvgIpc) is 2.88. The van der Waals surface area contributed by atoms with Gasteiger partial charge < -0.3 is 9.47 Å². The summed E-state index contributed by atoms with van der Waals surface area (Å²) < 4.78 is 11.6. The van der Waals surface area contributed by atoms with Crippen molar-refractivity contribution in [2.24, 2.45) is 0 Å². The molecule has 1 aromatic carbocycles. The number of ether oxygens (including phenoxy) is 2. The summed E-state index contributed by atoms with van der Waals surface area (Å²) in [7, 11) is 0. The quantitative estimate of drug-likeness (QED) is 0.793. The minimum atomic E-state index is -0.233. The predicted molar refractivity (Wildman–Crippen MR) is 76.4 cm³/mol. The van der Waals surface area contributed by atoms with Crippen LogP contribution in [0.3, 0.4) is 0 Å². The van der Waals surface area contributed by atoms with Gasteiger partial charge in [-0.25, -0.2) is 0 Å². The first-order chi connectivity index (χ1) is 9.20. The molecule has 2 heteroatoms. The Balaban J connectivity index is 1.75. The van der Waals surface area contributed by atoms with Crippen molar-refractivity contribution in [3.63, 3.8) is 0 Å². The lowest BCUT2D eigenvalue weighted by Gasteiger charge is -2.36. The Hall–Kier alpha value is -0.860. The highest BCUT2D eigenvalue weighted by Gasteiger charge is 2.40. The lowest BCUT2D eigenvalue weighted by molar-refractivity contribution is -0.178. The van der Waals surface area contributed by atoms with Crippen molar-refractivity contribution >= 4 is 0 Å². The van der Waals surface area contributed by atoms with Gasteiger partial charge in [0.15, 0.2) is 5.79 Å². The van der Waals surface area contributed by atoms with Gasteiger partial charge in [-0.15, -0.1) is 0 Å². The molecule has 0 atom stereocenters. The van der Waals surface area contributed by atoms with Crippen LogP contribution in [0.2, 0.25) is 0 Å². The van der Waals surface area contributed by atoms with E-state index in [0.717, 1.165) is 26.1 Å². The molecule has 1 saturated heterocycles. The van der Waals surface area contributed by atoms with Crippen LogP contribution in [0, 0.1) is 0 Å². The minimum absolute atomic E-state index is 0.233. The highest BCUT2D eigenvalue weighted by atomic mass is 16.7. The highest BCUT2D eigenvalue weighted by molar-refractivity contribution is 5.33. The van der Waals surface area contributed by atoms with E-state index in [-0.39, 0.29) is 5.79 Å². The summed E-state index contributed by atoms with van der Waals surface area (Å²) in [6, 6.07) is 8.93. The molecule has 0 unspecified atom stereocenters. The van der Waals surface area contributed by atoms with Gasteiger partial charge in [-0.05, 0) is 35.8 Å². The van der Waals surface area contributed by atoms with Crippen LogP contribution in [0.4, 0.5) is 0 Å². The summed E-state index contributed by atoms with van der Waals surface area (Å²) in [5.74, 6) is 1.05. The third-order valence-corrected chi connectivity index (χ3v) is 4.62. The van der Waals surface area contributed by atoms with Gasteiger partial charge in [0.1, 0.15) is 0 Å². The van der Waals surface area contributed by atoms with Gasteiger partial charge in [0.2, 0.25) is 0 Å². The summed E-state index contributed by atoms with van der Waals surface area (Å²) in [5, 5.41) is 0. The van der Waals surface area contributed by atoms with Crippen LogP contribution in [-0.2, 0) is 9.47 Å². The minimum Gasteiger partial charge on any atom is -0.348 e. The lowest BCUT2D eigenvalue weighted by Crippen LogP contribution is -2.34. The van der Waals surface area contributed by atoms with Crippen molar-refractivity contribution in [3.8, 4) is 0 Å². The molecule has 1 aromatic rings. The maximum atomic E-state index is 5.82. The first-order valence-electron chi connectivity index (χ1n) is 7.57. The van der Waals surface area contributed by atoms with Gasteiger partial charge in [0.25, 0.3) is 0 Å². The molecule has 2 fully saturated rings. The zero-order valence-corrected chi connectivity index (χ0v) is 12.0. The second-order valence-corrected chi connectivity index (χ2v) is 6.17. The number of hydrogen-bond donors (Lipinski definition) is 0. The predicted octanol–water partition coefficient (Wildman–Crippen LogP) is 4.21. The lowest BCUT2D eigenvalue weighted by atomic mass is 9.78. The fourth-order valence-electron chi connectivity index (χ4n) is 3.56. The van der Waals surface area contributed by atoms with Crippen molar-refractivity contribution in [2.45, 2.75) is 57.2 Å². The Morgan fingerprint density at radius 2 is 1.68 bits per heavy atom. The highest BCUT2D eigenvalue weighted by Crippen LogP contribution is 2.43. The van der Waals surface area contributed by atoms with Crippen LogP contribution < -0.4 is 0 Å². The van der Waals surface area contributed by atoms with E-state index in [0.29, 0.717) is 11.8 Å². The first-order valence-corrected chi connectivity index (χ1v) is 7.57. The fourth-order valence-corrected chi connectivity index (χ4v) is 3.56. The molecule has 0 amide bonds. The van der Waals surface area contributed by atoms with E-state index in [1.165, 1.54) is 18.4 Å². The van der Waals surface area contributed by atoms with Gasteiger partial charge in [-0.3, -0.25) is 0 Å². The van der Waals surface area contributed by atoms with Crippen molar-refractivity contribution in [3.05, 3.63) is 35.4 Å². The van der Waals surface area contributed by atoms with Crippen molar-refractivity contribution in [1.82, 2.24) is 0 Å². The number of benzene rings is 1. The molecule has 1 spiro atoms. The Labute approximate surface area is 116 Å². The molecule has 1 heterocycles. The van der Waals surface area contributed by atoms with E-state index in [9.17, 15) is 0 Å². The largest absolute Gasteiger partial charge is 0.348 e. The molecule has 1 aliphatic carbocycles. The number of hydrogen-bond acceptors (Lipinski definition) is 2. The second kappa shape index (κ2) is 5.26. The molecule has 0 aromatic heterocycles. The standard InChI is InChI=1S/C17H24O2/c1-13(2)15-5-3-4-6-16(15)14-7-9-17(10-8-14)18-11-12-19-17/h3-6,13-14H,7-12H2,1-2H3. The molecule has 104 valence electrons. The smallest absolute Gasteiger partial charge is 0.168 e. The summed E-state index contributed by atoms with van der Waals surface area (Å²) in [4.78, 5) is 0. The Morgan fingerprint density at radius 3 is 2.32 bits per heavy atom. The van der Waals surface area contributed by atoms with Crippen LogP contribution in [0.1, 0.15) is 62.5 Å². The molecule has 3 rings (SSSR count). The molecule has 0 N–H and O–H groups in total. The van der Waals surface area contributed by atoms with E-state index < -0.39 is 0 Å². The molecule has 0 bridgehead atoms. The summed E-state index contributed by atoms with van der Waals surface area (Å²) in [6.45, 7) is 6.11. The third-order valence-electron chi connectivity index (χ3n) is 4.62. The average molecular weight is 260 g/mol. The second-order valence-electron chi connectivity index (χ2n) is 6.17. The Bertz CT molecular complexity index is 423. The van der Waals surface area contributed by atoms with Gasteiger partial charge >= 0.3 is 0 Å². The summed E-state index contributed by atoms with van der Waals surface area (Å²) in [5.41, 5.74) is 3.06. The van der Waals surface area contributed by atoms with E-state index in [2.05, 4.69) is 38.1 Å². The maximum Gasteiger partial charge on any atom is 0.168 e. The van der Waals surface area contributed by atoms with Crippen LogP contribution in [0.5, 0.6) is 0 Å². The van der Waals surface area contributed by atoms with E-state index in [1.807, 2.05) is 0 Å². The topological polar surface area (TPSA) is 18.5 Å². The SMILES string of the molecule is CC(C)c1ccccc1C1CCC2(CC1)OCCO2. The molecule has 2 aliphatic rings. The summed E-state index contributed by atoms with van der Waals surface area (Å²) in [6.07, 6.45) is 4.46. The molecule has 2 nitrogen and oxygen atoms in total. The van der Waals surface area contributed by atoms with Crippen molar-refractivity contribution in [2.75, 3.05) is 13.2 Å². The van der Waals surface area contributed by atoms with E-state index >= 15 is 0 Å². The van der Waals surface area contributed by atoms with Crippen LogP contribution in [0.25, 0.3) is 0 Å². The van der Waals surface area contributed by atoms with Crippen LogP contribution >= 0.6 is 0 Å². The van der Waals surface area contributed by atoms with Crippen LogP contribution in [0.15, 0.2) is 24.3 Å². The van der Waals surface area contributed by atoms with Gasteiger partial charge in [-0.2, -0.15) is 0 Å². The van der Waals surface area contributed by atoms with E-state index in [1.54, 1.807) is 5.56 Å². The molecular formula is C17H24O2. The Morgan fingerprint density at radius 1 is 1.05 bits per heavy atom. The normalized spacial score (nSPS) is 23.3. The van der Waals surface area contributed by atoms with Gasteiger partial charge in [0.05, 0.1) is 13.2 Å². The summed E-state index contributed by atoms with van der Waals surface area (Å²) >= 11 is 0. The van der Waals surface area contributed by atoms with Crippen molar-refractivity contribution < 1.29 is 9.47 Å². The zero-order valence-electron chi connectivity index (χ0n) is 12.0. The van der Waals surface area contributed by atoms with Crippen molar-refractivity contribution in [1.29, 1.82) is 0 Å². The third kappa shape index (κ3) is 2.56. The molecule has 19 heavy (non-hydrogen) atoms. The molecular weight excluding hydrogens is 236 g/mol. The van der Waals surface area contributed by atoms with Gasteiger partial charge in [0, 0.05) is 12.8 Å². The molecule has 1 saturated carbocycles. The monoisotopic (exact) mass is 260 g/mol. The number of rotatable bonds is 2. The maximum absolute atomic E-state index is 5.82.